The number of ether oxygens (including phenoxy) is 5. The van der Waals surface area contributed by atoms with Gasteiger partial charge in [-0.2, -0.15) is 0 Å². The Morgan fingerprint density at radius 1 is 1.02 bits per heavy atom. The Kier molecular flexibility index (Phi) is 6.15. The molecule has 2 aromatic rings. The number of benzene rings is 1. The number of esters is 2. The predicted octanol–water partition coefficient (Wildman–Crippen LogP) is 0.735. The SMILES string of the molecule is C[C@@]12C[C@@](COC(=O)[C@H]3C=C[C@@H](O)[C@H](O)C3)(O[C@@]1(COC(=O)c1ccccc1)O[C@@]13COc4occ(c41)C3)[C@H](O)[C@@H]2O. The summed E-state index contributed by atoms with van der Waals surface area (Å²) in [6.45, 7) is 0.923. The second-order valence-corrected chi connectivity index (χ2v) is 12.2. The zero-order valence-corrected chi connectivity index (χ0v) is 22.8. The van der Waals surface area contributed by atoms with Crippen molar-refractivity contribution in [1.29, 1.82) is 0 Å². The maximum absolute atomic E-state index is 13.0. The molecular weight excluding hydrogens is 552 g/mol. The third-order valence-electron chi connectivity index (χ3n) is 9.55. The first-order valence-corrected chi connectivity index (χ1v) is 13.9. The zero-order valence-electron chi connectivity index (χ0n) is 22.8. The molecule has 12 nitrogen and oxygen atoms in total. The summed E-state index contributed by atoms with van der Waals surface area (Å²) >= 11 is 0. The Hall–Kier alpha value is -3.26. The average molecular weight is 585 g/mol. The first-order valence-electron chi connectivity index (χ1n) is 13.9. The average Bonchev–Trinajstić information content (AvgIpc) is 3.60. The van der Waals surface area contributed by atoms with Gasteiger partial charge in [-0.25, -0.2) is 4.79 Å². The van der Waals surface area contributed by atoms with E-state index < -0.39 is 77.9 Å². The molecular formula is C30H32O12. The first kappa shape index (κ1) is 27.6. The summed E-state index contributed by atoms with van der Waals surface area (Å²) < 4.78 is 35.9. The first-order chi connectivity index (χ1) is 20.0. The molecule has 7 rings (SSSR count). The molecule has 12 heteroatoms. The second-order valence-electron chi connectivity index (χ2n) is 12.2. The normalized spacial score (nSPS) is 40.7. The molecule has 2 fully saturated rings. The standard InChI is InChI=1S/C30H32O12/c1-27-12-29(23(34)22(27)33,14-38-25(36)17-7-8-19(31)20(32)9-17)42-30(27,15-39-24(35)16-5-3-2-4-6-16)41-28-10-18-11-37-26(21(18)28)40-13-28/h2-8,11,17,19-20,22-23,31-34H,9-10,12-15H2,1H3/t17-,19+,20+,22-,23+,27-,28-,29-,30+/m0/s1. The molecule has 5 aliphatic rings. The van der Waals surface area contributed by atoms with E-state index in [9.17, 15) is 30.0 Å². The number of carbonyl (C=O) groups excluding carboxylic acids is 2. The van der Waals surface area contributed by atoms with Crippen molar-refractivity contribution >= 4 is 11.9 Å². The molecule has 1 saturated carbocycles. The molecule has 3 aliphatic carbocycles. The van der Waals surface area contributed by atoms with Crippen molar-refractivity contribution in [3.63, 3.8) is 0 Å². The van der Waals surface area contributed by atoms with E-state index in [1.165, 1.54) is 12.2 Å². The minimum Gasteiger partial charge on any atom is -0.462 e. The zero-order chi connectivity index (χ0) is 29.5. The number of hydrogen-bond donors (Lipinski definition) is 4. The molecule has 1 saturated heterocycles. The summed E-state index contributed by atoms with van der Waals surface area (Å²) in [5.41, 5.74) is -1.95. The lowest BCUT2D eigenvalue weighted by atomic mass is 9.74. The lowest BCUT2D eigenvalue weighted by molar-refractivity contribution is -0.390. The van der Waals surface area contributed by atoms with Crippen molar-refractivity contribution in [2.75, 3.05) is 19.8 Å². The van der Waals surface area contributed by atoms with Gasteiger partial charge in [0, 0.05) is 12.0 Å². The summed E-state index contributed by atoms with van der Waals surface area (Å²) in [7, 11) is 0. The van der Waals surface area contributed by atoms with E-state index in [-0.39, 0.29) is 19.4 Å². The highest BCUT2D eigenvalue weighted by Crippen LogP contribution is 2.66. The molecule has 2 bridgehead atoms. The van der Waals surface area contributed by atoms with Gasteiger partial charge in [-0.3, -0.25) is 4.79 Å². The largest absolute Gasteiger partial charge is 0.462 e. The van der Waals surface area contributed by atoms with Gasteiger partial charge in [0.2, 0.25) is 5.79 Å². The van der Waals surface area contributed by atoms with Crippen LogP contribution in [0.2, 0.25) is 0 Å². The molecule has 3 heterocycles. The fourth-order valence-corrected chi connectivity index (χ4v) is 7.16. The molecule has 224 valence electrons. The molecule has 0 spiro atoms. The Morgan fingerprint density at radius 3 is 2.57 bits per heavy atom. The topological polar surface area (TPSA) is 174 Å². The van der Waals surface area contributed by atoms with Crippen molar-refractivity contribution in [2.45, 2.75) is 67.6 Å². The Bertz CT molecular complexity index is 1440. The van der Waals surface area contributed by atoms with E-state index in [0.29, 0.717) is 17.9 Å². The van der Waals surface area contributed by atoms with Crippen molar-refractivity contribution in [2.24, 2.45) is 11.3 Å². The van der Waals surface area contributed by atoms with Crippen molar-refractivity contribution in [3.05, 3.63) is 65.4 Å². The van der Waals surface area contributed by atoms with E-state index in [0.717, 1.165) is 11.1 Å². The molecule has 0 radical (unpaired) electrons. The number of fused-ring (bicyclic) bond motifs is 2. The Labute approximate surface area is 240 Å². The van der Waals surface area contributed by atoms with Gasteiger partial charge < -0.3 is 48.5 Å². The van der Waals surface area contributed by atoms with Gasteiger partial charge in [0.05, 0.1) is 47.0 Å². The lowest BCUT2D eigenvalue weighted by Gasteiger charge is -2.52. The molecule has 0 amide bonds. The molecule has 1 aromatic carbocycles. The molecule has 2 aliphatic heterocycles. The summed E-state index contributed by atoms with van der Waals surface area (Å²) in [4.78, 5) is 25.9. The van der Waals surface area contributed by atoms with Crippen molar-refractivity contribution in [1.82, 2.24) is 0 Å². The van der Waals surface area contributed by atoms with Crippen LogP contribution in [0.1, 0.15) is 41.3 Å². The quantitative estimate of drug-likeness (QED) is 0.253. The molecule has 42 heavy (non-hydrogen) atoms. The lowest BCUT2D eigenvalue weighted by Crippen LogP contribution is -2.67. The third-order valence-corrected chi connectivity index (χ3v) is 9.55. The van der Waals surface area contributed by atoms with Gasteiger partial charge >= 0.3 is 11.9 Å². The predicted molar refractivity (Wildman–Crippen MR) is 139 cm³/mol. The monoisotopic (exact) mass is 584 g/mol. The number of rotatable bonds is 8. The molecule has 0 unspecified atom stereocenters. The maximum Gasteiger partial charge on any atom is 0.338 e. The molecule has 4 N–H and O–H groups in total. The smallest absolute Gasteiger partial charge is 0.338 e. The van der Waals surface area contributed by atoms with Crippen LogP contribution in [0.3, 0.4) is 0 Å². The van der Waals surface area contributed by atoms with Gasteiger partial charge in [0.15, 0.2) is 0 Å². The maximum atomic E-state index is 13.0. The summed E-state index contributed by atoms with van der Waals surface area (Å²) in [6, 6.07) is 8.38. The second kappa shape index (κ2) is 9.37. The van der Waals surface area contributed by atoms with Gasteiger partial charge in [-0.05, 0) is 25.0 Å². The Balaban J connectivity index is 1.18. The molecule has 1 aromatic heterocycles. The van der Waals surface area contributed by atoms with Gasteiger partial charge in [0.1, 0.15) is 37.1 Å². The van der Waals surface area contributed by atoms with Gasteiger partial charge in [-0.15, -0.1) is 0 Å². The number of aliphatic hydroxyl groups excluding tert-OH is 4. The van der Waals surface area contributed by atoms with E-state index in [4.69, 9.17) is 28.1 Å². The van der Waals surface area contributed by atoms with Gasteiger partial charge in [-0.1, -0.05) is 37.3 Å². The van der Waals surface area contributed by atoms with Crippen LogP contribution in [-0.4, -0.2) is 88.0 Å². The third kappa shape index (κ3) is 3.83. The minimum absolute atomic E-state index is 0.0163. The van der Waals surface area contributed by atoms with Crippen molar-refractivity contribution < 1.29 is 58.1 Å². The van der Waals surface area contributed by atoms with Crippen LogP contribution in [-0.2, 0) is 35.8 Å². The highest BCUT2D eigenvalue weighted by molar-refractivity contribution is 5.89. The van der Waals surface area contributed by atoms with Crippen LogP contribution in [0.5, 0.6) is 5.95 Å². The summed E-state index contributed by atoms with van der Waals surface area (Å²) in [5.74, 6) is -3.57. The van der Waals surface area contributed by atoms with Crippen molar-refractivity contribution in [3.8, 4) is 5.95 Å². The van der Waals surface area contributed by atoms with Crippen LogP contribution < -0.4 is 4.74 Å². The Morgan fingerprint density at radius 2 is 1.81 bits per heavy atom. The van der Waals surface area contributed by atoms with E-state index in [1.807, 2.05) is 0 Å². The van der Waals surface area contributed by atoms with Gasteiger partial charge in [0.25, 0.3) is 5.95 Å². The fourth-order valence-electron chi connectivity index (χ4n) is 7.16. The number of hydrogen-bond acceptors (Lipinski definition) is 12. The number of carbonyl (C=O) groups is 2. The van der Waals surface area contributed by atoms with E-state index in [2.05, 4.69) is 0 Å². The highest BCUT2D eigenvalue weighted by Gasteiger charge is 2.79. The fraction of sp³-hybridized carbons (Fsp3) is 0.533. The molecule has 9 atom stereocenters. The van der Waals surface area contributed by atoms with Crippen LogP contribution in [0.25, 0.3) is 0 Å². The highest BCUT2D eigenvalue weighted by atomic mass is 16.8. The minimum atomic E-state index is -1.77. The van der Waals surface area contributed by atoms with E-state index >= 15 is 0 Å². The van der Waals surface area contributed by atoms with Crippen LogP contribution in [0.15, 0.2) is 53.2 Å². The number of furan rings is 1. The summed E-state index contributed by atoms with van der Waals surface area (Å²) in [6.07, 6.45) is -0.247. The number of aliphatic hydroxyl groups is 4. The van der Waals surface area contributed by atoms with E-state index in [1.54, 1.807) is 43.5 Å². The van der Waals surface area contributed by atoms with Crippen LogP contribution in [0, 0.1) is 11.3 Å². The van der Waals surface area contributed by atoms with Crippen LogP contribution in [0.4, 0.5) is 0 Å². The van der Waals surface area contributed by atoms with Crippen LogP contribution >= 0.6 is 0 Å². The summed E-state index contributed by atoms with van der Waals surface area (Å²) in [5, 5.41) is 42.3.